The molecule has 0 bridgehead atoms. The number of carbonyl (C=O) groups is 1. The van der Waals surface area contributed by atoms with E-state index in [1.165, 1.54) is 0 Å². The Morgan fingerprint density at radius 2 is 2.35 bits per heavy atom. The van der Waals surface area contributed by atoms with Crippen LogP contribution in [0.4, 0.5) is 0 Å². The maximum atomic E-state index is 12.5. The first kappa shape index (κ1) is 14.6. The summed E-state index contributed by atoms with van der Waals surface area (Å²) in [5.41, 5.74) is 6.81. The highest BCUT2D eigenvalue weighted by Crippen LogP contribution is 2.22. The number of halogens is 1. The summed E-state index contributed by atoms with van der Waals surface area (Å²) in [6.45, 7) is 2.85. The smallest absolute Gasteiger partial charge is 0.255 e. The molecule has 0 aromatic heterocycles. The zero-order valence-electron chi connectivity index (χ0n) is 11.0. The van der Waals surface area contributed by atoms with Gasteiger partial charge in [0.1, 0.15) is 6.10 Å². The quantitative estimate of drug-likeness (QED) is 0.372. The standard InChI is InChI=1S/C13H16ClN3O3/c1-8-3-2-4-9(11(8)14)13(18)17-5-6-20-10(7-17)12(15)16-19/h2-4,10,19H,5-7H2,1H3,(H2,15,16). The van der Waals surface area contributed by atoms with Crippen molar-refractivity contribution in [3.8, 4) is 0 Å². The molecule has 0 spiro atoms. The van der Waals surface area contributed by atoms with Crippen LogP contribution in [0.2, 0.25) is 5.02 Å². The third-order valence-electron chi connectivity index (χ3n) is 3.22. The molecule has 3 N–H and O–H groups in total. The van der Waals surface area contributed by atoms with Crippen molar-refractivity contribution in [1.29, 1.82) is 0 Å². The molecule has 1 saturated heterocycles. The third kappa shape index (κ3) is 2.86. The van der Waals surface area contributed by atoms with Crippen molar-refractivity contribution in [2.45, 2.75) is 13.0 Å². The second-order valence-corrected chi connectivity index (χ2v) is 4.95. The van der Waals surface area contributed by atoms with E-state index in [2.05, 4.69) is 5.16 Å². The van der Waals surface area contributed by atoms with E-state index in [0.717, 1.165) is 5.56 Å². The second-order valence-electron chi connectivity index (χ2n) is 4.57. The lowest BCUT2D eigenvalue weighted by atomic mass is 10.1. The molecule has 1 unspecified atom stereocenters. The summed E-state index contributed by atoms with van der Waals surface area (Å²) in [6.07, 6.45) is -0.596. The molecule has 7 heteroatoms. The molecule has 0 saturated carbocycles. The predicted molar refractivity (Wildman–Crippen MR) is 75.2 cm³/mol. The van der Waals surface area contributed by atoms with E-state index < -0.39 is 6.10 Å². The molecular weight excluding hydrogens is 282 g/mol. The Labute approximate surface area is 121 Å². The molecule has 1 heterocycles. The highest BCUT2D eigenvalue weighted by molar-refractivity contribution is 6.34. The zero-order valence-corrected chi connectivity index (χ0v) is 11.8. The van der Waals surface area contributed by atoms with E-state index in [-0.39, 0.29) is 18.3 Å². The van der Waals surface area contributed by atoms with Crippen LogP contribution in [0, 0.1) is 6.92 Å². The Morgan fingerprint density at radius 3 is 3.05 bits per heavy atom. The van der Waals surface area contributed by atoms with Crippen LogP contribution < -0.4 is 5.73 Å². The molecule has 1 aliphatic heterocycles. The average Bonchev–Trinajstić information content (AvgIpc) is 2.48. The van der Waals surface area contributed by atoms with Crippen molar-refractivity contribution in [3.05, 3.63) is 34.3 Å². The summed E-state index contributed by atoms with van der Waals surface area (Å²) in [5.74, 6) is -0.226. The van der Waals surface area contributed by atoms with E-state index >= 15 is 0 Å². The molecule has 2 rings (SSSR count). The van der Waals surface area contributed by atoms with Gasteiger partial charge >= 0.3 is 0 Å². The Morgan fingerprint density at radius 1 is 1.60 bits per heavy atom. The number of morpholine rings is 1. The highest BCUT2D eigenvalue weighted by Gasteiger charge is 2.28. The van der Waals surface area contributed by atoms with Gasteiger partial charge in [-0.1, -0.05) is 28.9 Å². The second kappa shape index (κ2) is 6.11. The van der Waals surface area contributed by atoms with Crippen molar-refractivity contribution in [2.75, 3.05) is 19.7 Å². The van der Waals surface area contributed by atoms with Crippen LogP contribution in [0.5, 0.6) is 0 Å². The number of ether oxygens (including phenoxy) is 1. The number of hydrogen-bond donors (Lipinski definition) is 2. The van der Waals surface area contributed by atoms with Crippen molar-refractivity contribution in [2.24, 2.45) is 10.9 Å². The Balaban J connectivity index is 2.19. The summed E-state index contributed by atoms with van der Waals surface area (Å²) >= 11 is 6.17. The van der Waals surface area contributed by atoms with Crippen LogP contribution >= 0.6 is 11.6 Å². The minimum Gasteiger partial charge on any atom is -0.409 e. The molecule has 1 amide bonds. The normalized spacial score (nSPS) is 20.0. The number of benzene rings is 1. The van der Waals surface area contributed by atoms with Gasteiger partial charge < -0.3 is 20.6 Å². The number of hydrogen-bond acceptors (Lipinski definition) is 4. The van der Waals surface area contributed by atoms with Crippen molar-refractivity contribution >= 4 is 23.3 Å². The number of aryl methyl sites for hydroxylation is 1. The first-order chi connectivity index (χ1) is 9.54. The largest absolute Gasteiger partial charge is 0.409 e. The molecular formula is C13H16ClN3O3. The van der Waals surface area contributed by atoms with Crippen LogP contribution in [0.1, 0.15) is 15.9 Å². The van der Waals surface area contributed by atoms with Crippen LogP contribution in [-0.2, 0) is 4.74 Å². The van der Waals surface area contributed by atoms with Gasteiger partial charge in [-0.05, 0) is 18.6 Å². The number of nitrogens with zero attached hydrogens (tertiary/aromatic N) is 2. The summed E-state index contributed by atoms with van der Waals surface area (Å²) in [6, 6.07) is 5.32. The molecule has 1 aliphatic rings. The molecule has 20 heavy (non-hydrogen) atoms. The minimum absolute atomic E-state index is 0.0437. The van der Waals surface area contributed by atoms with Crippen molar-refractivity contribution in [3.63, 3.8) is 0 Å². The molecule has 1 fully saturated rings. The number of oxime groups is 1. The fraction of sp³-hybridized carbons (Fsp3) is 0.385. The Hall–Kier alpha value is -1.79. The van der Waals surface area contributed by atoms with Crippen molar-refractivity contribution < 1.29 is 14.7 Å². The lowest BCUT2D eigenvalue weighted by Crippen LogP contribution is -2.50. The average molecular weight is 298 g/mol. The van der Waals surface area contributed by atoms with Crippen molar-refractivity contribution in [1.82, 2.24) is 4.90 Å². The van der Waals surface area contributed by atoms with Gasteiger partial charge in [-0.2, -0.15) is 0 Å². The van der Waals surface area contributed by atoms with Gasteiger partial charge in [-0.25, -0.2) is 0 Å². The number of nitrogens with two attached hydrogens (primary N) is 1. The lowest BCUT2D eigenvalue weighted by Gasteiger charge is -2.32. The summed E-state index contributed by atoms with van der Waals surface area (Å²) in [4.78, 5) is 14.1. The Kier molecular flexibility index (Phi) is 4.46. The zero-order chi connectivity index (χ0) is 14.7. The van der Waals surface area contributed by atoms with Gasteiger partial charge in [-0.3, -0.25) is 4.79 Å². The fourth-order valence-corrected chi connectivity index (χ4v) is 2.27. The minimum atomic E-state index is -0.596. The number of amides is 1. The number of carbonyl (C=O) groups excluding carboxylic acids is 1. The van der Waals surface area contributed by atoms with E-state index in [0.29, 0.717) is 23.7 Å². The van der Waals surface area contributed by atoms with Gasteiger partial charge in [0.2, 0.25) is 0 Å². The van der Waals surface area contributed by atoms with Gasteiger partial charge in [0, 0.05) is 6.54 Å². The topological polar surface area (TPSA) is 88.2 Å². The monoisotopic (exact) mass is 297 g/mol. The molecule has 1 aromatic rings. The van der Waals surface area contributed by atoms with Crippen LogP contribution in [0.3, 0.4) is 0 Å². The Bertz CT molecular complexity index is 548. The van der Waals surface area contributed by atoms with Gasteiger partial charge in [0.15, 0.2) is 5.84 Å². The molecule has 1 aromatic carbocycles. The third-order valence-corrected chi connectivity index (χ3v) is 3.72. The number of rotatable bonds is 2. The molecule has 0 radical (unpaired) electrons. The summed E-state index contributed by atoms with van der Waals surface area (Å²) in [7, 11) is 0. The van der Waals surface area contributed by atoms with Gasteiger partial charge in [0.05, 0.1) is 23.7 Å². The van der Waals surface area contributed by atoms with Crippen LogP contribution in [0.15, 0.2) is 23.4 Å². The van der Waals surface area contributed by atoms with E-state index in [1.54, 1.807) is 17.0 Å². The fourth-order valence-electron chi connectivity index (χ4n) is 2.06. The predicted octanol–water partition coefficient (Wildman–Crippen LogP) is 1.24. The van der Waals surface area contributed by atoms with Gasteiger partial charge in [0.25, 0.3) is 5.91 Å². The lowest BCUT2D eigenvalue weighted by molar-refractivity contribution is 0.00676. The molecule has 1 atom stereocenters. The number of amidine groups is 1. The maximum absolute atomic E-state index is 12.5. The highest BCUT2D eigenvalue weighted by atomic mass is 35.5. The summed E-state index contributed by atoms with van der Waals surface area (Å²) < 4.78 is 5.36. The molecule has 108 valence electrons. The maximum Gasteiger partial charge on any atom is 0.255 e. The first-order valence-electron chi connectivity index (χ1n) is 6.18. The van der Waals surface area contributed by atoms with E-state index in [1.807, 2.05) is 13.0 Å². The van der Waals surface area contributed by atoms with Gasteiger partial charge in [-0.15, -0.1) is 0 Å². The summed E-state index contributed by atoms with van der Waals surface area (Å²) in [5, 5.41) is 12.0. The molecule has 6 nitrogen and oxygen atoms in total. The molecule has 0 aliphatic carbocycles. The SMILES string of the molecule is Cc1cccc(C(=O)N2CCOC(/C(N)=N/O)C2)c1Cl. The first-order valence-corrected chi connectivity index (χ1v) is 6.55. The van der Waals surface area contributed by atoms with Crippen LogP contribution in [-0.4, -0.2) is 47.7 Å². The van der Waals surface area contributed by atoms with E-state index in [4.69, 9.17) is 27.3 Å². The van der Waals surface area contributed by atoms with Crippen LogP contribution in [0.25, 0.3) is 0 Å². The van der Waals surface area contributed by atoms with E-state index in [9.17, 15) is 4.79 Å².